The molecule has 2 aromatic heterocycles. The van der Waals surface area contributed by atoms with Gasteiger partial charge in [0.05, 0.1) is 16.8 Å². The Morgan fingerprint density at radius 1 is 1.10 bits per heavy atom. The van der Waals surface area contributed by atoms with E-state index in [4.69, 9.17) is 4.42 Å². The molecule has 1 atom stereocenters. The molecule has 1 fully saturated rings. The zero-order valence-electron chi connectivity index (χ0n) is 22.2. The Balaban J connectivity index is 1.38. The van der Waals surface area contributed by atoms with Crippen molar-refractivity contribution in [2.75, 3.05) is 6.54 Å². The van der Waals surface area contributed by atoms with Gasteiger partial charge in [0.25, 0.3) is 15.6 Å². The van der Waals surface area contributed by atoms with Crippen molar-refractivity contribution in [3.63, 3.8) is 0 Å². The van der Waals surface area contributed by atoms with Crippen molar-refractivity contribution in [3.05, 3.63) is 92.5 Å². The van der Waals surface area contributed by atoms with Gasteiger partial charge >= 0.3 is 11.9 Å². The number of amides is 1. The molecule has 0 spiro atoms. The van der Waals surface area contributed by atoms with Crippen LogP contribution in [0.3, 0.4) is 0 Å². The molecule has 1 N–H and O–H groups in total. The molecule has 0 aliphatic carbocycles. The van der Waals surface area contributed by atoms with Gasteiger partial charge in [-0.1, -0.05) is 0 Å². The molecule has 0 saturated carbocycles. The van der Waals surface area contributed by atoms with Crippen LogP contribution in [0.4, 0.5) is 17.6 Å². The Bertz CT molecular complexity index is 1910. The molecule has 10 nitrogen and oxygen atoms in total. The van der Waals surface area contributed by atoms with Crippen LogP contribution in [-0.4, -0.2) is 40.4 Å². The molecule has 42 heavy (non-hydrogen) atoms. The molecular formula is C27H24F4N4O6S. The van der Waals surface area contributed by atoms with Crippen LogP contribution in [0.15, 0.2) is 73.8 Å². The molecule has 5 rings (SSSR count). The Kier molecular flexibility index (Phi) is 7.35. The molecule has 0 unspecified atom stereocenters. The van der Waals surface area contributed by atoms with E-state index in [0.717, 1.165) is 56.0 Å². The predicted molar refractivity (Wildman–Crippen MR) is 142 cm³/mol. The van der Waals surface area contributed by atoms with E-state index in [0.29, 0.717) is 0 Å². The molecule has 4 aromatic rings. The van der Waals surface area contributed by atoms with E-state index in [2.05, 4.69) is 5.32 Å². The normalized spacial score (nSPS) is 16.1. The number of furan rings is 1. The van der Waals surface area contributed by atoms with Crippen LogP contribution in [0.2, 0.25) is 0 Å². The fourth-order valence-corrected chi connectivity index (χ4v) is 6.23. The number of fused-ring (bicyclic) bond motifs is 1. The summed E-state index contributed by atoms with van der Waals surface area (Å²) in [6, 6.07) is 6.74. The van der Waals surface area contributed by atoms with Gasteiger partial charge in [-0.2, -0.15) is 17.5 Å². The van der Waals surface area contributed by atoms with Gasteiger partial charge in [0, 0.05) is 36.8 Å². The second-order valence-corrected chi connectivity index (χ2v) is 11.8. The molecule has 1 saturated heterocycles. The van der Waals surface area contributed by atoms with Gasteiger partial charge in [-0.05, 0) is 62.7 Å². The maximum atomic E-state index is 13.5. The average Bonchev–Trinajstić information content (AvgIpc) is 3.31. The van der Waals surface area contributed by atoms with Gasteiger partial charge in [-0.3, -0.25) is 18.7 Å². The van der Waals surface area contributed by atoms with Gasteiger partial charge in [0.2, 0.25) is 11.0 Å². The van der Waals surface area contributed by atoms with Crippen molar-refractivity contribution in [3.8, 4) is 5.69 Å². The van der Waals surface area contributed by atoms with E-state index in [1.165, 1.54) is 12.1 Å². The summed E-state index contributed by atoms with van der Waals surface area (Å²) in [6.45, 7) is 2.78. The fraction of sp³-hybridized carbons (Fsp3) is 0.296. The zero-order valence-corrected chi connectivity index (χ0v) is 23.0. The van der Waals surface area contributed by atoms with Crippen LogP contribution in [0, 0.1) is 5.82 Å². The third-order valence-corrected chi connectivity index (χ3v) is 8.69. The standard InChI is InChI=1S/C27H24F4N4O6S/c1-15(2)35-25(37)17(14-33(26(35)38)20-6-3-18(4-7-20)27(29,30)31)13-32-24(36)21-9-10-34(21)42(39,40)23-12-16-11-19(28)5-8-22(16)41-23/h3-8,11-12,14-15,21H,9-10,13H2,1-2H3,(H,32,36)/t21-/m0/s1. The smallest absolute Gasteiger partial charge is 0.416 e. The highest BCUT2D eigenvalue weighted by molar-refractivity contribution is 7.89. The summed E-state index contributed by atoms with van der Waals surface area (Å²) in [5, 5.41) is 2.30. The lowest BCUT2D eigenvalue weighted by Crippen LogP contribution is -2.58. The average molecular weight is 609 g/mol. The second-order valence-electron chi connectivity index (χ2n) is 10.0. The van der Waals surface area contributed by atoms with Crippen LogP contribution >= 0.6 is 0 Å². The number of benzene rings is 2. The van der Waals surface area contributed by atoms with E-state index < -0.39 is 61.9 Å². The first-order chi connectivity index (χ1) is 19.7. The van der Waals surface area contributed by atoms with E-state index >= 15 is 0 Å². The quantitative estimate of drug-likeness (QED) is 0.320. The number of hydrogen-bond donors (Lipinski definition) is 1. The van der Waals surface area contributed by atoms with Crippen molar-refractivity contribution in [2.45, 2.75) is 50.2 Å². The van der Waals surface area contributed by atoms with Crippen LogP contribution in [-0.2, 0) is 27.5 Å². The lowest BCUT2D eigenvalue weighted by Gasteiger charge is -2.37. The van der Waals surface area contributed by atoms with Crippen LogP contribution < -0.4 is 16.6 Å². The molecular weight excluding hydrogens is 584 g/mol. The number of rotatable bonds is 7. The molecule has 15 heteroatoms. The van der Waals surface area contributed by atoms with Crippen molar-refractivity contribution < 1.29 is 35.2 Å². The molecule has 0 radical (unpaired) electrons. The number of halogens is 4. The molecule has 1 aliphatic rings. The summed E-state index contributed by atoms with van der Waals surface area (Å²) in [4.78, 5) is 39.1. The number of sulfonamides is 1. The second kappa shape index (κ2) is 10.5. The maximum Gasteiger partial charge on any atom is 0.416 e. The minimum atomic E-state index is -4.58. The molecule has 1 amide bonds. The minimum absolute atomic E-state index is 0.0186. The third kappa shape index (κ3) is 5.25. The fourth-order valence-electron chi connectivity index (χ4n) is 4.64. The highest BCUT2D eigenvalue weighted by Gasteiger charge is 2.44. The minimum Gasteiger partial charge on any atom is -0.443 e. The number of hydrogen-bond acceptors (Lipinski definition) is 6. The number of carbonyl (C=O) groups is 1. The van der Waals surface area contributed by atoms with Gasteiger partial charge in [0.1, 0.15) is 17.4 Å². The van der Waals surface area contributed by atoms with Crippen molar-refractivity contribution in [1.29, 1.82) is 0 Å². The first-order valence-corrected chi connectivity index (χ1v) is 14.2. The molecule has 3 heterocycles. The highest BCUT2D eigenvalue weighted by Crippen LogP contribution is 2.32. The lowest BCUT2D eigenvalue weighted by atomic mass is 10.1. The monoisotopic (exact) mass is 608 g/mol. The van der Waals surface area contributed by atoms with E-state index in [1.54, 1.807) is 13.8 Å². The van der Waals surface area contributed by atoms with Crippen LogP contribution in [0.1, 0.15) is 37.4 Å². The molecule has 2 aromatic carbocycles. The number of carbonyl (C=O) groups excluding carboxylic acids is 1. The van der Waals surface area contributed by atoms with Crippen molar-refractivity contribution >= 4 is 26.9 Å². The van der Waals surface area contributed by atoms with Crippen LogP contribution in [0.5, 0.6) is 0 Å². The van der Waals surface area contributed by atoms with E-state index in [-0.39, 0.29) is 41.7 Å². The Labute approximate surface area is 235 Å². The van der Waals surface area contributed by atoms with Gasteiger partial charge < -0.3 is 9.73 Å². The number of nitrogens with one attached hydrogen (secondary N) is 1. The Morgan fingerprint density at radius 3 is 2.38 bits per heavy atom. The summed E-state index contributed by atoms with van der Waals surface area (Å²) < 4.78 is 87.1. The summed E-state index contributed by atoms with van der Waals surface area (Å²) in [5.74, 6) is -1.29. The molecule has 222 valence electrons. The van der Waals surface area contributed by atoms with Gasteiger partial charge in [-0.15, -0.1) is 0 Å². The lowest BCUT2D eigenvalue weighted by molar-refractivity contribution is -0.137. The third-order valence-electron chi connectivity index (χ3n) is 6.92. The van der Waals surface area contributed by atoms with E-state index in [9.17, 15) is 40.4 Å². The van der Waals surface area contributed by atoms with E-state index in [1.807, 2.05) is 0 Å². The van der Waals surface area contributed by atoms with Crippen molar-refractivity contribution in [2.24, 2.45) is 0 Å². The summed E-state index contributed by atoms with van der Waals surface area (Å²) >= 11 is 0. The number of nitrogens with zero attached hydrogens (tertiary/aromatic N) is 3. The zero-order chi connectivity index (χ0) is 30.6. The summed E-state index contributed by atoms with van der Waals surface area (Å²) in [7, 11) is -4.25. The van der Waals surface area contributed by atoms with Gasteiger partial charge in [0.15, 0.2) is 0 Å². The SMILES string of the molecule is CC(C)n1c(=O)c(CNC(=O)[C@@H]2CCN2S(=O)(=O)c2cc3cc(F)ccc3o2)cn(-c2ccc(C(F)(F)F)cc2)c1=O. The first kappa shape index (κ1) is 29.3. The Morgan fingerprint density at radius 2 is 1.79 bits per heavy atom. The van der Waals surface area contributed by atoms with Crippen LogP contribution in [0.25, 0.3) is 16.7 Å². The Hall–Kier alpha value is -4.24. The largest absolute Gasteiger partial charge is 0.443 e. The number of alkyl halides is 3. The maximum absolute atomic E-state index is 13.5. The first-order valence-electron chi connectivity index (χ1n) is 12.7. The summed E-state index contributed by atoms with van der Waals surface area (Å²) in [5.41, 5.74) is -2.25. The summed E-state index contributed by atoms with van der Waals surface area (Å²) in [6.07, 6.45) is -3.27. The molecule has 0 bridgehead atoms. The molecule has 1 aliphatic heterocycles. The predicted octanol–water partition coefficient (Wildman–Crippen LogP) is 3.56. The topological polar surface area (TPSA) is 124 Å². The van der Waals surface area contributed by atoms with Crippen molar-refractivity contribution in [1.82, 2.24) is 18.8 Å². The highest BCUT2D eigenvalue weighted by atomic mass is 32.2. The number of aromatic nitrogens is 2. The van der Waals surface area contributed by atoms with Gasteiger partial charge in [-0.25, -0.2) is 17.6 Å².